The minimum absolute atomic E-state index is 0.234. The lowest BCUT2D eigenvalue weighted by molar-refractivity contribution is -0.156. The SMILES string of the molecule is CSc1nnc(-c2ccc(OCCOCCOCCOCCOCCC(=O)OC(C)(C)C)cc2)o1. The summed E-state index contributed by atoms with van der Waals surface area (Å²) in [5.74, 6) is 0.961. The lowest BCUT2D eigenvalue weighted by Gasteiger charge is -2.19. The molecule has 0 saturated carbocycles. The molecule has 2 aromatic rings. The standard InChI is InChI=1S/C24H36N2O8S/c1-24(2,3)34-21(27)9-10-28-11-12-29-13-14-30-15-16-31-17-18-32-20-7-5-19(6-8-20)22-25-26-23(33-22)35-4/h5-8H,9-18H2,1-4H3. The molecule has 0 aliphatic carbocycles. The van der Waals surface area contributed by atoms with E-state index in [0.29, 0.717) is 70.6 Å². The number of hydrogen-bond acceptors (Lipinski definition) is 11. The Morgan fingerprint density at radius 3 is 1.89 bits per heavy atom. The molecule has 0 fully saturated rings. The molecule has 1 heterocycles. The molecule has 0 radical (unpaired) electrons. The molecule has 0 atom stereocenters. The van der Waals surface area contributed by atoms with Crippen LogP contribution in [0.3, 0.4) is 0 Å². The summed E-state index contributed by atoms with van der Waals surface area (Å²) in [4.78, 5) is 11.5. The number of thioether (sulfide) groups is 1. The van der Waals surface area contributed by atoms with Crippen molar-refractivity contribution in [1.82, 2.24) is 10.2 Å². The van der Waals surface area contributed by atoms with Crippen LogP contribution in [-0.2, 0) is 28.5 Å². The molecule has 11 heteroatoms. The van der Waals surface area contributed by atoms with E-state index in [0.717, 1.165) is 11.3 Å². The van der Waals surface area contributed by atoms with Gasteiger partial charge in [-0.3, -0.25) is 4.79 Å². The first-order chi connectivity index (χ1) is 16.9. The van der Waals surface area contributed by atoms with Crippen molar-refractivity contribution in [2.45, 2.75) is 38.0 Å². The molecule has 10 nitrogen and oxygen atoms in total. The number of benzene rings is 1. The van der Waals surface area contributed by atoms with Gasteiger partial charge in [0.1, 0.15) is 18.0 Å². The molecule has 35 heavy (non-hydrogen) atoms. The van der Waals surface area contributed by atoms with Crippen molar-refractivity contribution >= 4 is 17.7 Å². The Balaban J connectivity index is 1.36. The molecule has 196 valence electrons. The molecular formula is C24H36N2O8S. The third-order valence-corrected chi connectivity index (χ3v) is 4.68. The number of carbonyl (C=O) groups is 1. The Morgan fingerprint density at radius 2 is 1.37 bits per heavy atom. The van der Waals surface area contributed by atoms with Gasteiger partial charge < -0.3 is 32.8 Å². The van der Waals surface area contributed by atoms with Gasteiger partial charge in [0.15, 0.2) is 0 Å². The summed E-state index contributed by atoms with van der Waals surface area (Å²) in [5.41, 5.74) is 0.371. The molecule has 0 spiro atoms. The topological polar surface area (TPSA) is 111 Å². The first-order valence-corrected chi connectivity index (χ1v) is 12.7. The van der Waals surface area contributed by atoms with Crippen LogP contribution >= 0.6 is 11.8 Å². The maximum absolute atomic E-state index is 11.5. The van der Waals surface area contributed by atoms with E-state index in [9.17, 15) is 4.79 Å². The number of carbonyl (C=O) groups excluding carboxylic acids is 1. The van der Waals surface area contributed by atoms with Crippen LogP contribution in [-0.4, -0.2) is 87.5 Å². The maximum atomic E-state index is 11.5. The summed E-state index contributed by atoms with van der Waals surface area (Å²) in [7, 11) is 0. The molecular weight excluding hydrogens is 476 g/mol. The number of nitrogens with zero attached hydrogens (tertiary/aromatic N) is 2. The summed E-state index contributed by atoms with van der Waals surface area (Å²) in [6, 6.07) is 7.46. The molecule has 0 unspecified atom stereocenters. The van der Waals surface area contributed by atoms with Gasteiger partial charge in [0, 0.05) is 5.56 Å². The maximum Gasteiger partial charge on any atom is 0.308 e. The van der Waals surface area contributed by atoms with Crippen LogP contribution in [0.4, 0.5) is 0 Å². The largest absolute Gasteiger partial charge is 0.491 e. The van der Waals surface area contributed by atoms with Crippen LogP contribution in [0.25, 0.3) is 11.5 Å². The Hall–Kier alpha value is -2.18. The lowest BCUT2D eigenvalue weighted by Crippen LogP contribution is -2.24. The van der Waals surface area contributed by atoms with Crippen molar-refractivity contribution in [3.8, 4) is 17.2 Å². The van der Waals surface area contributed by atoms with Gasteiger partial charge in [-0.15, -0.1) is 10.2 Å². The number of ether oxygens (including phenoxy) is 6. The van der Waals surface area contributed by atoms with Gasteiger partial charge in [-0.2, -0.15) is 0 Å². The van der Waals surface area contributed by atoms with E-state index in [2.05, 4.69) is 10.2 Å². The van der Waals surface area contributed by atoms with Gasteiger partial charge in [-0.1, -0.05) is 11.8 Å². The van der Waals surface area contributed by atoms with E-state index in [-0.39, 0.29) is 12.4 Å². The van der Waals surface area contributed by atoms with Gasteiger partial charge in [0.25, 0.3) is 5.22 Å². The Morgan fingerprint density at radius 1 is 0.829 bits per heavy atom. The molecule has 0 bridgehead atoms. The summed E-state index contributed by atoms with van der Waals surface area (Å²) in [6.07, 6.45) is 2.12. The van der Waals surface area contributed by atoms with Crippen LogP contribution in [0.5, 0.6) is 5.75 Å². The molecule has 0 saturated heterocycles. The zero-order valence-corrected chi connectivity index (χ0v) is 21.8. The molecule has 2 rings (SSSR count). The second-order valence-corrected chi connectivity index (χ2v) is 8.99. The van der Waals surface area contributed by atoms with Crippen molar-refractivity contribution in [2.24, 2.45) is 0 Å². The van der Waals surface area contributed by atoms with Crippen molar-refractivity contribution in [3.63, 3.8) is 0 Å². The first kappa shape index (κ1) is 29.1. The quantitative estimate of drug-likeness (QED) is 0.166. The third-order valence-electron chi connectivity index (χ3n) is 4.17. The number of esters is 1. The molecule has 0 amide bonds. The fourth-order valence-electron chi connectivity index (χ4n) is 2.63. The molecule has 0 aliphatic heterocycles. The number of rotatable bonds is 18. The van der Waals surface area contributed by atoms with E-state index < -0.39 is 5.60 Å². The van der Waals surface area contributed by atoms with Crippen molar-refractivity contribution in [1.29, 1.82) is 0 Å². The van der Waals surface area contributed by atoms with Crippen LogP contribution in [0.1, 0.15) is 27.2 Å². The van der Waals surface area contributed by atoms with E-state index in [1.165, 1.54) is 11.8 Å². The van der Waals surface area contributed by atoms with Gasteiger partial charge in [-0.05, 0) is 51.3 Å². The summed E-state index contributed by atoms with van der Waals surface area (Å²) in [5, 5.41) is 8.47. The molecule has 0 aliphatic rings. The normalized spacial score (nSPS) is 11.5. The zero-order chi connectivity index (χ0) is 25.4. The smallest absolute Gasteiger partial charge is 0.308 e. The second-order valence-electron chi connectivity index (χ2n) is 8.24. The molecule has 1 aromatic carbocycles. The second kappa shape index (κ2) is 16.5. The minimum atomic E-state index is -0.470. The first-order valence-electron chi connectivity index (χ1n) is 11.5. The average molecular weight is 513 g/mol. The van der Waals surface area contributed by atoms with E-state index in [1.807, 2.05) is 51.3 Å². The summed E-state index contributed by atoms with van der Waals surface area (Å²) in [6.45, 7) is 9.50. The lowest BCUT2D eigenvalue weighted by atomic mass is 10.2. The van der Waals surface area contributed by atoms with Crippen LogP contribution in [0.2, 0.25) is 0 Å². The summed E-state index contributed by atoms with van der Waals surface area (Å²) < 4.78 is 38.1. The Labute approximate surface area is 210 Å². The highest BCUT2D eigenvalue weighted by Crippen LogP contribution is 2.23. The van der Waals surface area contributed by atoms with E-state index in [1.54, 1.807) is 0 Å². The molecule has 0 N–H and O–H groups in total. The number of aromatic nitrogens is 2. The molecule has 1 aromatic heterocycles. The van der Waals surface area contributed by atoms with Crippen LogP contribution in [0.15, 0.2) is 33.9 Å². The van der Waals surface area contributed by atoms with Crippen LogP contribution in [0, 0.1) is 0 Å². The predicted molar refractivity (Wildman–Crippen MR) is 131 cm³/mol. The highest BCUT2D eigenvalue weighted by Gasteiger charge is 2.15. The fourth-order valence-corrected chi connectivity index (χ4v) is 2.92. The van der Waals surface area contributed by atoms with E-state index >= 15 is 0 Å². The Bertz CT molecular complexity index is 839. The van der Waals surface area contributed by atoms with Gasteiger partial charge in [-0.25, -0.2) is 0 Å². The number of hydrogen-bond donors (Lipinski definition) is 0. The van der Waals surface area contributed by atoms with Gasteiger partial charge in [0.2, 0.25) is 5.89 Å². The van der Waals surface area contributed by atoms with Crippen LogP contribution < -0.4 is 4.74 Å². The van der Waals surface area contributed by atoms with Crippen molar-refractivity contribution < 1.29 is 37.6 Å². The van der Waals surface area contributed by atoms with Crippen molar-refractivity contribution in [2.75, 3.05) is 65.7 Å². The van der Waals surface area contributed by atoms with E-state index in [4.69, 9.17) is 32.8 Å². The fraction of sp³-hybridized carbons (Fsp3) is 0.625. The minimum Gasteiger partial charge on any atom is -0.491 e. The highest BCUT2D eigenvalue weighted by atomic mass is 32.2. The third kappa shape index (κ3) is 13.5. The zero-order valence-electron chi connectivity index (χ0n) is 20.9. The predicted octanol–water partition coefficient (Wildman–Crippen LogP) is 3.64. The average Bonchev–Trinajstić information content (AvgIpc) is 3.30. The van der Waals surface area contributed by atoms with Gasteiger partial charge in [0.05, 0.1) is 59.3 Å². The van der Waals surface area contributed by atoms with Crippen molar-refractivity contribution in [3.05, 3.63) is 24.3 Å². The summed E-state index contributed by atoms with van der Waals surface area (Å²) >= 11 is 1.41. The highest BCUT2D eigenvalue weighted by molar-refractivity contribution is 7.98. The van der Waals surface area contributed by atoms with Gasteiger partial charge >= 0.3 is 5.97 Å². The Kier molecular flexibility index (Phi) is 13.7. The monoisotopic (exact) mass is 512 g/mol.